The molecule has 2 aliphatic rings. The molecule has 128 valence electrons. The van der Waals surface area contributed by atoms with Crippen molar-refractivity contribution in [3.63, 3.8) is 0 Å². The minimum absolute atomic E-state index is 0.0870. The second-order valence-electron chi connectivity index (χ2n) is 8.28. The van der Waals surface area contributed by atoms with Crippen LogP contribution in [0.1, 0.15) is 58.0 Å². The van der Waals surface area contributed by atoms with Crippen LogP contribution in [-0.4, -0.2) is 33.6 Å². The summed E-state index contributed by atoms with van der Waals surface area (Å²) in [5.41, 5.74) is 7.80. The number of aliphatic hydroxyl groups is 1. The fourth-order valence-corrected chi connectivity index (χ4v) is 4.19. The maximum absolute atomic E-state index is 15.5. The van der Waals surface area contributed by atoms with Gasteiger partial charge in [0.1, 0.15) is 0 Å². The zero-order valence-electron chi connectivity index (χ0n) is 15.8. The Morgan fingerprint density at radius 2 is 1.79 bits per heavy atom. The summed E-state index contributed by atoms with van der Waals surface area (Å²) in [7, 11) is -1.26. The molecule has 1 aromatic rings. The molecule has 0 spiro atoms. The summed E-state index contributed by atoms with van der Waals surface area (Å²) in [4.78, 5) is 0. The number of nitrogens with zero attached hydrogens (tertiary/aromatic N) is 2. The summed E-state index contributed by atoms with van der Waals surface area (Å²) in [6, 6.07) is 1.99. The van der Waals surface area contributed by atoms with Crippen molar-refractivity contribution in [2.24, 2.45) is 5.41 Å². The normalized spacial score (nSPS) is 18.0. The number of hydrogen-bond donors (Lipinski definition) is 1. The molecule has 0 unspecified atom stereocenters. The van der Waals surface area contributed by atoms with Gasteiger partial charge in [-0.05, 0) is 44.2 Å². The molecule has 0 bridgehead atoms. The quantitative estimate of drug-likeness (QED) is 0.820. The molecule has 0 aromatic carbocycles. The first kappa shape index (κ1) is 17.2. The van der Waals surface area contributed by atoms with E-state index in [9.17, 15) is 5.11 Å². The standard InChI is InChI=1S/C19H27BFN2O/c1-11-8-12(2)22-17(11)16(10-24)18-13(3)15(9-19(5,6)7)14(4)23(18)20(22)21/h8,24H,9-10H2,1-7H3/q+1. The van der Waals surface area contributed by atoms with Crippen molar-refractivity contribution in [2.75, 3.05) is 6.61 Å². The lowest BCUT2D eigenvalue weighted by Crippen LogP contribution is -2.41. The molecule has 0 saturated heterocycles. The molecule has 3 heterocycles. The number of aromatic nitrogens is 1. The van der Waals surface area contributed by atoms with E-state index >= 15 is 4.32 Å². The Kier molecular flexibility index (Phi) is 3.91. The van der Waals surface area contributed by atoms with Crippen molar-refractivity contribution in [3.05, 3.63) is 39.9 Å². The molecule has 5 heteroatoms. The van der Waals surface area contributed by atoms with E-state index in [1.165, 1.54) is 5.57 Å². The van der Waals surface area contributed by atoms with E-state index in [4.69, 9.17) is 0 Å². The highest BCUT2D eigenvalue weighted by Crippen LogP contribution is 2.41. The van der Waals surface area contributed by atoms with Crippen LogP contribution in [0.3, 0.4) is 0 Å². The summed E-state index contributed by atoms with van der Waals surface area (Å²) in [5.74, 6) is 0. The number of aliphatic hydroxyl groups excluding tert-OH is 1. The van der Waals surface area contributed by atoms with E-state index in [1.807, 2.05) is 26.8 Å². The van der Waals surface area contributed by atoms with Gasteiger partial charge in [0.2, 0.25) is 0 Å². The molecule has 3 nitrogen and oxygen atoms in total. The van der Waals surface area contributed by atoms with Crippen LogP contribution >= 0.6 is 0 Å². The van der Waals surface area contributed by atoms with Crippen LogP contribution < -0.4 is 0 Å². The second kappa shape index (κ2) is 5.45. The first-order valence-electron chi connectivity index (χ1n) is 8.58. The van der Waals surface area contributed by atoms with Gasteiger partial charge in [0.25, 0.3) is 0 Å². The van der Waals surface area contributed by atoms with Gasteiger partial charge in [-0.2, -0.15) is 0 Å². The van der Waals surface area contributed by atoms with Gasteiger partial charge in [0.05, 0.1) is 17.9 Å². The Balaban J connectivity index is 2.31. The van der Waals surface area contributed by atoms with Gasteiger partial charge in [-0.1, -0.05) is 20.8 Å². The lowest BCUT2D eigenvalue weighted by Gasteiger charge is -2.20. The van der Waals surface area contributed by atoms with Crippen molar-refractivity contribution in [1.82, 2.24) is 4.48 Å². The van der Waals surface area contributed by atoms with Gasteiger partial charge >= 0.3 is 7.26 Å². The Morgan fingerprint density at radius 1 is 1.17 bits per heavy atom. The molecule has 1 aromatic heterocycles. The Bertz CT molecular complexity index is 821. The first-order valence-corrected chi connectivity index (χ1v) is 8.58. The van der Waals surface area contributed by atoms with Gasteiger partial charge in [0, 0.05) is 23.8 Å². The van der Waals surface area contributed by atoms with Crippen LogP contribution in [0.2, 0.25) is 0 Å². The molecule has 2 aliphatic heterocycles. The highest BCUT2D eigenvalue weighted by molar-refractivity contribution is 6.43. The first-order chi connectivity index (χ1) is 11.1. The molecule has 0 aliphatic carbocycles. The zero-order chi connectivity index (χ0) is 18.0. The summed E-state index contributed by atoms with van der Waals surface area (Å²) < 4.78 is 18.9. The van der Waals surface area contributed by atoms with Crippen LogP contribution in [0.15, 0.2) is 22.9 Å². The zero-order valence-corrected chi connectivity index (χ0v) is 15.8. The Morgan fingerprint density at radius 3 is 2.33 bits per heavy atom. The average Bonchev–Trinajstić information content (AvgIpc) is 2.89. The van der Waals surface area contributed by atoms with Gasteiger partial charge in [-0.3, -0.25) is 4.48 Å². The summed E-state index contributed by atoms with van der Waals surface area (Å²) in [6.45, 7) is 14.5. The van der Waals surface area contributed by atoms with Gasteiger partial charge in [-0.15, -0.1) is 0 Å². The van der Waals surface area contributed by atoms with E-state index in [0.29, 0.717) is 0 Å². The molecule has 0 amide bonds. The largest absolute Gasteiger partial charge is 0.846 e. The minimum atomic E-state index is -1.26. The van der Waals surface area contributed by atoms with Crippen LogP contribution in [0.5, 0.6) is 0 Å². The summed E-state index contributed by atoms with van der Waals surface area (Å²) >= 11 is 0. The van der Waals surface area contributed by atoms with Crippen LogP contribution in [-0.2, 0) is 0 Å². The number of fused-ring (bicyclic) bond motifs is 2. The Hall–Kier alpha value is -1.62. The third kappa shape index (κ3) is 2.33. The predicted octanol–water partition coefficient (Wildman–Crippen LogP) is 3.86. The molecule has 0 atom stereocenters. The molecular formula is C19H27BFN2O+. The number of rotatable bonds is 2. The van der Waals surface area contributed by atoms with Gasteiger partial charge < -0.3 is 5.11 Å². The van der Waals surface area contributed by atoms with Gasteiger partial charge in [0.15, 0.2) is 11.4 Å². The van der Waals surface area contributed by atoms with E-state index in [2.05, 4.69) is 27.7 Å². The SMILES string of the molecule is CC1=C(CC(C)(C)C)C(C)=[N+]2B(F)n3c(C)cc(C)c3C(CO)=C12. The maximum atomic E-state index is 15.5. The molecule has 0 saturated carbocycles. The summed E-state index contributed by atoms with van der Waals surface area (Å²) in [5, 5.41) is 10.1. The highest BCUT2D eigenvalue weighted by Gasteiger charge is 2.52. The molecular weight excluding hydrogens is 302 g/mol. The average molecular weight is 329 g/mol. The van der Waals surface area contributed by atoms with E-state index < -0.39 is 7.26 Å². The van der Waals surface area contributed by atoms with E-state index in [0.717, 1.165) is 45.9 Å². The van der Waals surface area contributed by atoms with Crippen molar-refractivity contribution < 1.29 is 13.9 Å². The number of hydrogen-bond acceptors (Lipinski definition) is 1. The Labute approximate surface area is 144 Å². The fraction of sp³-hybridized carbons (Fsp3) is 0.526. The van der Waals surface area contributed by atoms with E-state index in [-0.39, 0.29) is 12.0 Å². The van der Waals surface area contributed by atoms with Crippen molar-refractivity contribution in [1.29, 1.82) is 0 Å². The lowest BCUT2D eigenvalue weighted by molar-refractivity contribution is -0.337. The lowest BCUT2D eigenvalue weighted by atomic mass is 9.85. The highest BCUT2D eigenvalue weighted by atomic mass is 19.1. The van der Waals surface area contributed by atoms with Crippen molar-refractivity contribution in [3.8, 4) is 0 Å². The number of allylic oxidation sites excluding steroid dienone is 2. The summed E-state index contributed by atoms with van der Waals surface area (Å²) in [6.07, 6.45) is 0.892. The monoisotopic (exact) mass is 329 g/mol. The molecule has 24 heavy (non-hydrogen) atoms. The van der Waals surface area contributed by atoms with Crippen LogP contribution in [0.25, 0.3) is 5.57 Å². The second-order valence-corrected chi connectivity index (χ2v) is 8.28. The topological polar surface area (TPSA) is 28.2 Å². The third-order valence-corrected chi connectivity index (χ3v) is 5.13. The predicted molar refractivity (Wildman–Crippen MR) is 97.9 cm³/mol. The number of halogens is 1. The van der Waals surface area contributed by atoms with Crippen molar-refractivity contribution in [2.45, 2.75) is 54.9 Å². The minimum Gasteiger partial charge on any atom is -0.391 e. The van der Waals surface area contributed by atoms with Gasteiger partial charge in [-0.25, -0.2) is 8.80 Å². The van der Waals surface area contributed by atoms with Crippen molar-refractivity contribution >= 4 is 18.5 Å². The molecule has 1 N–H and O–H groups in total. The van der Waals surface area contributed by atoms with Crippen LogP contribution in [0.4, 0.5) is 4.32 Å². The third-order valence-electron chi connectivity index (χ3n) is 5.13. The molecule has 3 rings (SSSR count). The number of aryl methyl sites for hydroxylation is 2. The fourth-order valence-electron chi connectivity index (χ4n) is 4.19. The van der Waals surface area contributed by atoms with Crippen LogP contribution in [0, 0.1) is 19.3 Å². The van der Waals surface area contributed by atoms with E-state index in [1.54, 1.807) is 8.96 Å². The molecule has 0 radical (unpaired) electrons. The smallest absolute Gasteiger partial charge is 0.391 e. The molecule has 0 fully saturated rings. The maximum Gasteiger partial charge on any atom is 0.846 e.